The number of carbonyl (C=O) groups excluding carboxylic acids is 2. The summed E-state index contributed by atoms with van der Waals surface area (Å²) in [6, 6.07) is 7.03. The minimum Gasteiger partial charge on any atom is -0.484 e. The van der Waals surface area contributed by atoms with E-state index in [1.165, 1.54) is 6.42 Å². The Morgan fingerprint density at radius 3 is 2.70 bits per heavy atom. The van der Waals surface area contributed by atoms with Gasteiger partial charge in [-0.2, -0.15) is 0 Å². The Hall–Kier alpha value is -2.08. The number of hydrogen-bond acceptors (Lipinski definition) is 4. The summed E-state index contributed by atoms with van der Waals surface area (Å²) in [7, 11) is 0. The van der Waals surface area contributed by atoms with E-state index in [2.05, 4.69) is 0 Å². The summed E-state index contributed by atoms with van der Waals surface area (Å²) in [5.41, 5.74) is 5.67. The number of nitrogens with two attached hydrogens (primary N) is 1. The second kappa shape index (κ2) is 7.00. The molecule has 0 radical (unpaired) electrons. The molecule has 3 rings (SSSR count). The topological polar surface area (TPSA) is 81.9 Å². The molecule has 1 aliphatic carbocycles. The van der Waals surface area contributed by atoms with Crippen LogP contribution >= 0.6 is 0 Å². The standard InChI is InChI=1S/C17H22N2O4/c18-16(20)11-23-13-7-5-12(6-8-13)17(21)19-9-10-22-15-4-2-1-3-14(15)19/h5-8,14-15H,1-4,9-11H2,(H2,18,20). The Morgan fingerprint density at radius 2 is 1.96 bits per heavy atom. The number of morpholine rings is 1. The van der Waals surface area contributed by atoms with Gasteiger partial charge in [0.2, 0.25) is 0 Å². The average molecular weight is 318 g/mol. The van der Waals surface area contributed by atoms with Gasteiger partial charge in [0.15, 0.2) is 6.61 Å². The Balaban J connectivity index is 1.68. The number of ether oxygens (including phenoxy) is 2. The van der Waals surface area contributed by atoms with Gasteiger partial charge in [0, 0.05) is 12.1 Å². The zero-order valence-corrected chi connectivity index (χ0v) is 13.1. The van der Waals surface area contributed by atoms with E-state index in [9.17, 15) is 9.59 Å². The van der Waals surface area contributed by atoms with E-state index in [-0.39, 0.29) is 24.7 Å². The molecule has 1 aliphatic heterocycles. The predicted molar refractivity (Wildman–Crippen MR) is 84.2 cm³/mol. The lowest BCUT2D eigenvalue weighted by Crippen LogP contribution is -2.54. The first-order chi connectivity index (χ1) is 11.1. The van der Waals surface area contributed by atoms with Crippen molar-refractivity contribution in [2.75, 3.05) is 19.8 Å². The molecule has 2 amide bonds. The highest BCUT2D eigenvalue weighted by molar-refractivity contribution is 5.94. The fourth-order valence-corrected chi connectivity index (χ4v) is 3.36. The fourth-order valence-electron chi connectivity index (χ4n) is 3.36. The van der Waals surface area contributed by atoms with E-state index in [1.807, 2.05) is 4.90 Å². The largest absolute Gasteiger partial charge is 0.484 e. The van der Waals surface area contributed by atoms with Gasteiger partial charge in [0.1, 0.15) is 5.75 Å². The normalized spacial score (nSPS) is 23.9. The highest BCUT2D eigenvalue weighted by atomic mass is 16.5. The maximum atomic E-state index is 12.8. The van der Waals surface area contributed by atoms with Crippen LogP contribution in [0.1, 0.15) is 36.0 Å². The van der Waals surface area contributed by atoms with Crippen molar-refractivity contribution in [3.8, 4) is 5.75 Å². The zero-order valence-electron chi connectivity index (χ0n) is 13.1. The van der Waals surface area contributed by atoms with Gasteiger partial charge < -0.3 is 20.1 Å². The van der Waals surface area contributed by atoms with Crippen LogP contribution in [-0.4, -0.2) is 48.6 Å². The molecule has 2 aliphatic rings. The summed E-state index contributed by atoms with van der Waals surface area (Å²) < 4.78 is 11.0. The molecule has 6 heteroatoms. The molecule has 0 bridgehead atoms. The summed E-state index contributed by atoms with van der Waals surface area (Å²) >= 11 is 0. The van der Waals surface area contributed by atoms with E-state index < -0.39 is 5.91 Å². The first-order valence-corrected chi connectivity index (χ1v) is 8.09. The summed E-state index contributed by atoms with van der Waals surface area (Å²) in [6.45, 7) is 1.08. The lowest BCUT2D eigenvalue weighted by molar-refractivity contribution is -0.119. The third-order valence-corrected chi connectivity index (χ3v) is 4.48. The summed E-state index contributed by atoms with van der Waals surface area (Å²) in [5.74, 6) is 0.0336. The number of primary amides is 1. The minimum atomic E-state index is -0.526. The molecule has 1 aromatic carbocycles. The van der Waals surface area contributed by atoms with Gasteiger partial charge in [-0.25, -0.2) is 0 Å². The molecule has 0 spiro atoms. The molecule has 6 nitrogen and oxygen atoms in total. The van der Waals surface area contributed by atoms with Crippen LogP contribution in [0.4, 0.5) is 0 Å². The number of hydrogen-bond donors (Lipinski definition) is 1. The Kier molecular flexibility index (Phi) is 4.81. The zero-order chi connectivity index (χ0) is 16.2. The van der Waals surface area contributed by atoms with Crippen LogP contribution in [0, 0.1) is 0 Å². The SMILES string of the molecule is NC(=O)COc1ccc(C(=O)N2CCOC3CCCCC32)cc1. The molecular weight excluding hydrogens is 296 g/mol. The van der Waals surface area contributed by atoms with Crippen molar-refractivity contribution in [3.05, 3.63) is 29.8 Å². The van der Waals surface area contributed by atoms with Gasteiger partial charge in [-0.3, -0.25) is 9.59 Å². The van der Waals surface area contributed by atoms with Gasteiger partial charge in [-0.15, -0.1) is 0 Å². The quantitative estimate of drug-likeness (QED) is 0.908. The van der Waals surface area contributed by atoms with Crippen molar-refractivity contribution >= 4 is 11.8 Å². The first-order valence-electron chi connectivity index (χ1n) is 8.09. The maximum absolute atomic E-state index is 12.8. The number of amides is 2. The Morgan fingerprint density at radius 1 is 1.22 bits per heavy atom. The number of nitrogens with zero attached hydrogens (tertiary/aromatic N) is 1. The minimum absolute atomic E-state index is 0.0339. The van der Waals surface area contributed by atoms with Gasteiger partial charge in [-0.1, -0.05) is 12.8 Å². The van der Waals surface area contributed by atoms with E-state index in [0.29, 0.717) is 24.5 Å². The van der Waals surface area contributed by atoms with Crippen LogP contribution < -0.4 is 10.5 Å². The van der Waals surface area contributed by atoms with Crippen LogP contribution in [0.15, 0.2) is 24.3 Å². The molecule has 1 aromatic rings. The summed E-state index contributed by atoms with van der Waals surface area (Å²) in [5, 5.41) is 0. The van der Waals surface area contributed by atoms with Crippen LogP contribution in [0.3, 0.4) is 0 Å². The Labute approximate surface area is 135 Å². The van der Waals surface area contributed by atoms with Gasteiger partial charge in [-0.05, 0) is 37.1 Å². The first kappa shape index (κ1) is 15.8. The van der Waals surface area contributed by atoms with E-state index in [4.69, 9.17) is 15.2 Å². The summed E-state index contributed by atoms with van der Waals surface area (Å²) in [4.78, 5) is 25.5. The average Bonchev–Trinajstić information content (AvgIpc) is 2.59. The van der Waals surface area contributed by atoms with Crippen molar-refractivity contribution in [2.24, 2.45) is 5.73 Å². The van der Waals surface area contributed by atoms with Crippen molar-refractivity contribution in [3.63, 3.8) is 0 Å². The molecule has 2 N–H and O–H groups in total. The maximum Gasteiger partial charge on any atom is 0.255 e. The molecule has 1 heterocycles. The number of fused-ring (bicyclic) bond motifs is 1. The van der Waals surface area contributed by atoms with E-state index in [0.717, 1.165) is 19.3 Å². The number of rotatable bonds is 4. The van der Waals surface area contributed by atoms with Crippen LogP contribution in [-0.2, 0) is 9.53 Å². The smallest absolute Gasteiger partial charge is 0.255 e. The molecule has 1 saturated carbocycles. The Bertz CT molecular complexity index is 570. The fraction of sp³-hybridized carbons (Fsp3) is 0.529. The van der Waals surface area contributed by atoms with Crippen LogP contribution in [0.5, 0.6) is 5.75 Å². The lowest BCUT2D eigenvalue weighted by Gasteiger charge is -2.43. The molecule has 0 aromatic heterocycles. The molecule has 2 unspecified atom stereocenters. The summed E-state index contributed by atoms with van der Waals surface area (Å²) in [6.07, 6.45) is 4.55. The molecule has 124 valence electrons. The van der Waals surface area contributed by atoms with Gasteiger partial charge in [0.05, 0.1) is 18.8 Å². The van der Waals surface area contributed by atoms with Crippen LogP contribution in [0.25, 0.3) is 0 Å². The van der Waals surface area contributed by atoms with E-state index >= 15 is 0 Å². The molecule has 2 atom stereocenters. The monoisotopic (exact) mass is 318 g/mol. The van der Waals surface area contributed by atoms with Crippen molar-refractivity contribution in [1.29, 1.82) is 0 Å². The molecule has 1 saturated heterocycles. The van der Waals surface area contributed by atoms with Crippen LogP contribution in [0.2, 0.25) is 0 Å². The van der Waals surface area contributed by atoms with Gasteiger partial charge in [0.25, 0.3) is 11.8 Å². The molecule has 2 fully saturated rings. The third kappa shape index (κ3) is 3.64. The third-order valence-electron chi connectivity index (χ3n) is 4.48. The highest BCUT2D eigenvalue weighted by Crippen LogP contribution is 2.29. The lowest BCUT2D eigenvalue weighted by atomic mass is 9.89. The second-order valence-electron chi connectivity index (χ2n) is 6.04. The van der Waals surface area contributed by atoms with E-state index in [1.54, 1.807) is 24.3 Å². The van der Waals surface area contributed by atoms with Gasteiger partial charge >= 0.3 is 0 Å². The molecular formula is C17H22N2O4. The molecule has 23 heavy (non-hydrogen) atoms. The predicted octanol–water partition coefficient (Wildman–Crippen LogP) is 1.33. The second-order valence-corrected chi connectivity index (χ2v) is 6.04. The van der Waals surface area contributed by atoms with Crippen molar-refractivity contribution < 1.29 is 19.1 Å². The highest BCUT2D eigenvalue weighted by Gasteiger charge is 2.36. The van der Waals surface area contributed by atoms with Crippen molar-refractivity contribution in [1.82, 2.24) is 4.90 Å². The number of benzene rings is 1. The number of carbonyl (C=O) groups is 2. The van der Waals surface area contributed by atoms with Crippen molar-refractivity contribution in [2.45, 2.75) is 37.8 Å².